The summed E-state index contributed by atoms with van der Waals surface area (Å²) in [6, 6.07) is 19.0. The molecule has 0 aliphatic rings. The van der Waals surface area contributed by atoms with Gasteiger partial charge in [-0.2, -0.15) is 0 Å². The molecule has 0 aliphatic carbocycles. The number of hydrogen-bond acceptors (Lipinski definition) is 4. The Bertz CT molecular complexity index is 1210. The van der Waals surface area contributed by atoms with E-state index >= 15 is 0 Å². The number of methoxy groups -OCH3 is 1. The third-order valence-electron chi connectivity index (χ3n) is 4.91. The van der Waals surface area contributed by atoms with Crippen LogP contribution in [-0.2, 0) is 0 Å². The summed E-state index contributed by atoms with van der Waals surface area (Å²) in [6.45, 7) is 1.81. The third-order valence-corrected chi connectivity index (χ3v) is 4.91. The van der Waals surface area contributed by atoms with Crippen molar-refractivity contribution in [3.63, 3.8) is 0 Å². The number of carbonyl (C=O) groups is 1. The van der Waals surface area contributed by atoms with Crippen molar-refractivity contribution in [3.8, 4) is 17.1 Å². The minimum Gasteiger partial charge on any atom is -0.494 e. The summed E-state index contributed by atoms with van der Waals surface area (Å²) in [5.74, 6) is -0.574. The molecule has 0 spiro atoms. The smallest absolute Gasteiger partial charge is 0.252 e. The highest BCUT2D eigenvalue weighted by Gasteiger charge is 2.18. The second-order valence-corrected chi connectivity index (χ2v) is 6.88. The van der Waals surface area contributed by atoms with Crippen molar-refractivity contribution in [1.82, 2.24) is 15.3 Å². The molecule has 30 heavy (non-hydrogen) atoms. The molecule has 1 amide bonds. The lowest BCUT2D eigenvalue weighted by atomic mass is 10.0. The van der Waals surface area contributed by atoms with E-state index < -0.39 is 11.9 Å². The highest BCUT2D eigenvalue weighted by molar-refractivity contribution is 6.07. The minimum atomic E-state index is -0.470. The van der Waals surface area contributed by atoms with E-state index in [0.29, 0.717) is 28.0 Å². The van der Waals surface area contributed by atoms with Gasteiger partial charge >= 0.3 is 0 Å². The first kappa shape index (κ1) is 19.5. The van der Waals surface area contributed by atoms with E-state index in [9.17, 15) is 9.18 Å². The first-order valence-electron chi connectivity index (χ1n) is 9.52. The van der Waals surface area contributed by atoms with Crippen LogP contribution in [0.25, 0.3) is 22.3 Å². The number of nitrogens with one attached hydrogen (secondary N) is 1. The molecule has 2 aromatic carbocycles. The molecule has 0 radical (unpaired) electrons. The normalized spacial score (nSPS) is 11.8. The Morgan fingerprint density at radius 2 is 1.83 bits per heavy atom. The Morgan fingerprint density at radius 1 is 1.03 bits per heavy atom. The van der Waals surface area contributed by atoms with Crippen LogP contribution in [0.15, 0.2) is 72.9 Å². The van der Waals surface area contributed by atoms with Gasteiger partial charge in [-0.1, -0.05) is 30.3 Å². The fraction of sp³-hybridized carbons (Fsp3) is 0.125. The number of rotatable bonds is 5. The number of ether oxygens (including phenoxy) is 1. The maximum absolute atomic E-state index is 14.1. The maximum atomic E-state index is 14.1. The van der Waals surface area contributed by atoms with Crippen molar-refractivity contribution in [3.05, 3.63) is 89.9 Å². The Labute approximate surface area is 173 Å². The van der Waals surface area contributed by atoms with Gasteiger partial charge in [0.15, 0.2) is 11.6 Å². The first-order valence-corrected chi connectivity index (χ1v) is 9.52. The molecule has 0 saturated carbocycles. The van der Waals surface area contributed by atoms with E-state index in [-0.39, 0.29) is 11.7 Å². The summed E-state index contributed by atoms with van der Waals surface area (Å²) in [7, 11) is 1.41. The lowest BCUT2D eigenvalue weighted by Crippen LogP contribution is -2.27. The zero-order valence-corrected chi connectivity index (χ0v) is 16.6. The zero-order chi connectivity index (χ0) is 21.1. The monoisotopic (exact) mass is 401 g/mol. The summed E-state index contributed by atoms with van der Waals surface area (Å²) in [6.07, 6.45) is 1.69. The quantitative estimate of drug-likeness (QED) is 0.515. The number of hydrogen-bond donors (Lipinski definition) is 1. The average Bonchev–Trinajstić information content (AvgIpc) is 2.78. The Hall–Kier alpha value is -3.80. The number of nitrogens with zero attached hydrogens (tertiary/aromatic N) is 2. The third kappa shape index (κ3) is 3.85. The molecule has 2 heterocycles. The SMILES string of the molecule is COc1ccc(C(C)NC(=O)c2cc(-c3ccccn3)nc3ccccc23)cc1F. The molecule has 150 valence electrons. The lowest BCUT2D eigenvalue weighted by Gasteiger charge is -2.16. The summed E-state index contributed by atoms with van der Waals surface area (Å²) in [4.78, 5) is 22.1. The van der Waals surface area contributed by atoms with Gasteiger partial charge in [-0.05, 0) is 48.9 Å². The molecule has 4 aromatic rings. The molecule has 0 fully saturated rings. The van der Waals surface area contributed by atoms with Crippen molar-refractivity contribution in [1.29, 1.82) is 0 Å². The second kappa shape index (κ2) is 8.29. The molecule has 2 aromatic heterocycles. The number of para-hydroxylation sites is 1. The van der Waals surface area contributed by atoms with E-state index in [1.165, 1.54) is 13.2 Å². The number of pyridine rings is 2. The Kier molecular flexibility index (Phi) is 5.39. The maximum Gasteiger partial charge on any atom is 0.252 e. The first-order chi connectivity index (χ1) is 14.6. The summed E-state index contributed by atoms with van der Waals surface area (Å²) in [5.41, 5.74) is 3.13. The molecule has 5 nitrogen and oxygen atoms in total. The lowest BCUT2D eigenvalue weighted by molar-refractivity contribution is 0.0941. The van der Waals surface area contributed by atoms with Gasteiger partial charge in [-0.25, -0.2) is 9.37 Å². The molecule has 1 atom stereocenters. The standard InChI is InChI=1S/C24H20FN3O2/c1-15(16-10-11-23(30-2)19(25)13-16)27-24(29)18-14-22(21-9-5-6-12-26-21)28-20-8-4-3-7-17(18)20/h3-15H,1-2H3,(H,27,29). The minimum absolute atomic E-state index is 0.164. The number of halogens is 1. The van der Waals surface area contributed by atoms with Gasteiger partial charge in [0.2, 0.25) is 0 Å². The van der Waals surface area contributed by atoms with E-state index in [4.69, 9.17) is 4.74 Å². The van der Waals surface area contributed by atoms with Gasteiger partial charge in [0.25, 0.3) is 5.91 Å². The highest BCUT2D eigenvalue weighted by atomic mass is 19.1. The van der Waals surface area contributed by atoms with Crippen LogP contribution < -0.4 is 10.1 Å². The second-order valence-electron chi connectivity index (χ2n) is 6.88. The van der Waals surface area contributed by atoms with E-state index in [1.807, 2.05) is 49.4 Å². The fourth-order valence-electron chi connectivity index (χ4n) is 3.32. The Morgan fingerprint density at radius 3 is 2.57 bits per heavy atom. The largest absolute Gasteiger partial charge is 0.494 e. The van der Waals surface area contributed by atoms with Crippen LogP contribution in [0, 0.1) is 5.82 Å². The predicted octanol–water partition coefficient (Wildman–Crippen LogP) is 4.94. The van der Waals surface area contributed by atoms with Crippen LogP contribution in [0.4, 0.5) is 4.39 Å². The molecule has 0 aliphatic heterocycles. The molecule has 1 N–H and O–H groups in total. The van der Waals surface area contributed by atoms with Crippen molar-refractivity contribution < 1.29 is 13.9 Å². The van der Waals surface area contributed by atoms with Crippen LogP contribution in [0.2, 0.25) is 0 Å². The van der Waals surface area contributed by atoms with Gasteiger partial charge in [0.05, 0.1) is 35.6 Å². The number of amides is 1. The highest BCUT2D eigenvalue weighted by Crippen LogP contribution is 2.25. The summed E-state index contributed by atoms with van der Waals surface area (Å²) >= 11 is 0. The molecule has 6 heteroatoms. The van der Waals surface area contributed by atoms with Gasteiger partial charge in [0, 0.05) is 11.6 Å². The molecular formula is C24H20FN3O2. The summed E-state index contributed by atoms with van der Waals surface area (Å²) < 4.78 is 19.0. The predicted molar refractivity (Wildman–Crippen MR) is 114 cm³/mol. The van der Waals surface area contributed by atoms with Crippen LogP contribution >= 0.6 is 0 Å². The van der Waals surface area contributed by atoms with E-state index in [0.717, 1.165) is 5.39 Å². The van der Waals surface area contributed by atoms with Crippen molar-refractivity contribution in [2.45, 2.75) is 13.0 Å². The van der Waals surface area contributed by atoms with Gasteiger partial charge in [-0.3, -0.25) is 9.78 Å². The number of aromatic nitrogens is 2. The molecule has 4 rings (SSSR count). The van der Waals surface area contributed by atoms with Crippen LogP contribution in [-0.4, -0.2) is 23.0 Å². The number of carbonyl (C=O) groups excluding carboxylic acids is 1. The fourth-order valence-corrected chi connectivity index (χ4v) is 3.32. The Balaban J connectivity index is 1.69. The van der Waals surface area contributed by atoms with Crippen molar-refractivity contribution >= 4 is 16.8 Å². The zero-order valence-electron chi connectivity index (χ0n) is 16.6. The molecular weight excluding hydrogens is 381 g/mol. The van der Waals surface area contributed by atoms with Crippen LogP contribution in [0.3, 0.4) is 0 Å². The van der Waals surface area contributed by atoms with Gasteiger partial charge < -0.3 is 10.1 Å². The summed E-state index contributed by atoms with van der Waals surface area (Å²) in [5, 5.41) is 3.69. The number of fused-ring (bicyclic) bond motifs is 1. The van der Waals surface area contributed by atoms with Crippen molar-refractivity contribution in [2.75, 3.05) is 7.11 Å². The van der Waals surface area contributed by atoms with Gasteiger partial charge in [0.1, 0.15) is 0 Å². The molecule has 1 unspecified atom stereocenters. The van der Waals surface area contributed by atoms with E-state index in [2.05, 4.69) is 15.3 Å². The van der Waals surface area contributed by atoms with Crippen LogP contribution in [0.5, 0.6) is 5.75 Å². The number of benzene rings is 2. The van der Waals surface area contributed by atoms with Gasteiger partial charge in [-0.15, -0.1) is 0 Å². The topological polar surface area (TPSA) is 64.1 Å². The van der Waals surface area contributed by atoms with Crippen molar-refractivity contribution in [2.24, 2.45) is 0 Å². The molecule has 0 saturated heterocycles. The molecule has 0 bridgehead atoms. The van der Waals surface area contributed by atoms with E-state index in [1.54, 1.807) is 24.4 Å². The average molecular weight is 401 g/mol. The van der Waals surface area contributed by atoms with Crippen LogP contribution in [0.1, 0.15) is 28.9 Å².